The van der Waals surface area contributed by atoms with Crippen molar-refractivity contribution in [2.75, 3.05) is 13.7 Å². The Labute approximate surface area is 98.5 Å². The van der Waals surface area contributed by atoms with Gasteiger partial charge in [-0.05, 0) is 26.0 Å². The first-order valence-electron chi connectivity index (χ1n) is 5.72. The van der Waals surface area contributed by atoms with E-state index >= 15 is 0 Å². The monoisotopic (exact) mass is 225 g/mol. The number of methoxy groups -OCH3 is 1. The van der Waals surface area contributed by atoms with E-state index in [1.807, 2.05) is 32.0 Å². The van der Waals surface area contributed by atoms with Gasteiger partial charge in [0.2, 0.25) is 0 Å². The highest BCUT2D eigenvalue weighted by molar-refractivity contribution is 5.15. The van der Waals surface area contributed by atoms with Crippen LogP contribution in [0.4, 0.5) is 0 Å². The Morgan fingerprint density at radius 2 is 1.94 bits per heavy atom. The molecule has 0 aliphatic rings. The van der Waals surface area contributed by atoms with Gasteiger partial charge >= 0.3 is 0 Å². The molecule has 0 radical (unpaired) electrons. The van der Waals surface area contributed by atoms with Crippen molar-refractivity contribution in [2.45, 2.75) is 39.7 Å². The second-order valence-electron chi connectivity index (χ2n) is 3.82. The average molecular weight is 225 g/mol. The highest BCUT2D eigenvalue weighted by Crippen LogP contribution is 2.17. The smallest absolute Gasteiger partial charge is 0.101 e. The normalized spacial score (nSPS) is 10.6. The van der Waals surface area contributed by atoms with Crippen LogP contribution in [0.25, 0.3) is 0 Å². The molecule has 16 heavy (non-hydrogen) atoms. The lowest BCUT2D eigenvalue weighted by Crippen LogP contribution is -2.18. The van der Waals surface area contributed by atoms with Crippen LogP contribution in [0.5, 0.6) is 0 Å². The lowest BCUT2D eigenvalue weighted by molar-refractivity contribution is 0.0735. The fourth-order valence-electron chi connectivity index (χ4n) is 1.17. The summed E-state index contributed by atoms with van der Waals surface area (Å²) >= 11 is 0. The van der Waals surface area contributed by atoms with E-state index in [-0.39, 0.29) is 0 Å². The quantitative estimate of drug-likeness (QED) is 0.856. The predicted molar refractivity (Wildman–Crippen MR) is 66.4 cm³/mol. The zero-order valence-corrected chi connectivity index (χ0v) is 10.9. The summed E-state index contributed by atoms with van der Waals surface area (Å²) in [4.78, 5) is 4.35. The van der Waals surface area contributed by atoms with E-state index < -0.39 is 5.60 Å². The van der Waals surface area contributed by atoms with Crippen LogP contribution < -0.4 is 0 Å². The number of rotatable bonds is 4. The van der Waals surface area contributed by atoms with Gasteiger partial charge in [-0.2, -0.15) is 0 Å². The van der Waals surface area contributed by atoms with Gasteiger partial charge in [-0.1, -0.05) is 19.9 Å². The summed E-state index contributed by atoms with van der Waals surface area (Å²) in [6, 6.07) is 5.68. The van der Waals surface area contributed by atoms with Crippen LogP contribution in [-0.2, 0) is 16.8 Å². The van der Waals surface area contributed by atoms with Crippen LogP contribution >= 0.6 is 0 Å². The summed E-state index contributed by atoms with van der Waals surface area (Å²) in [6.07, 6.45) is 0.778. The van der Waals surface area contributed by atoms with Crippen LogP contribution in [0.1, 0.15) is 39.1 Å². The second-order valence-corrected chi connectivity index (χ2v) is 3.82. The Bertz CT molecular complexity index is 292. The van der Waals surface area contributed by atoms with Gasteiger partial charge in [0.15, 0.2) is 0 Å². The third kappa shape index (κ3) is 5.24. The molecule has 0 aliphatic carbocycles. The molecular weight excluding hydrogens is 202 g/mol. The summed E-state index contributed by atoms with van der Waals surface area (Å²) in [7, 11) is 1.67. The van der Waals surface area contributed by atoms with Crippen molar-refractivity contribution in [1.82, 2.24) is 4.98 Å². The van der Waals surface area contributed by atoms with E-state index in [0.29, 0.717) is 12.3 Å². The van der Waals surface area contributed by atoms with E-state index in [0.717, 1.165) is 12.1 Å². The third-order valence-corrected chi connectivity index (χ3v) is 2.00. The third-order valence-electron chi connectivity index (χ3n) is 2.00. The fraction of sp³-hybridized carbons (Fsp3) is 0.615. The topological polar surface area (TPSA) is 42.4 Å². The molecule has 0 aromatic carbocycles. The molecule has 3 nitrogen and oxygen atoms in total. The molecule has 0 unspecified atom stereocenters. The van der Waals surface area contributed by atoms with Crippen LogP contribution in [0.3, 0.4) is 0 Å². The number of nitrogens with zero attached hydrogens (tertiary/aromatic N) is 1. The standard InChI is InChI=1S/C11H17NO2.C2H6/c1-11(2,13)10-6-4-5-9(12-10)7-8-14-3;1-2/h4-6,13H,7-8H2,1-3H3;1-2H3. The van der Waals surface area contributed by atoms with Crippen LogP contribution in [-0.4, -0.2) is 23.8 Å². The highest BCUT2D eigenvalue weighted by atomic mass is 16.5. The first-order valence-corrected chi connectivity index (χ1v) is 5.72. The summed E-state index contributed by atoms with van der Waals surface area (Å²) < 4.78 is 4.97. The number of hydrogen-bond acceptors (Lipinski definition) is 3. The molecule has 1 heterocycles. The maximum absolute atomic E-state index is 9.75. The number of ether oxygens (including phenoxy) is 1. The number of aliphatic hydroxyl groups is 1. The maximum atomic E-state index is 9.75. The lowest BCUT2D eigenvalue weighted by atomic mass is 10.0. The molecule has 0 saturated carbocycles. The molecule has 0 fully saturated rings. The number of pyridine rings is 1. The molecule has 0 bridgehead atoms. The highest BCUT2D eigenvalue weighted by Gasteiger charge is 2.17. The summed E-state index contributed by atoms with van der Waals surface area (Å²) in [6.45, 7) is 8.12. The summed E-state index contributed by atoms with van der Waals surface area (Å²) in [5.74, 6) is 0. The molecule has 1 aromatic heterocycles. The van der Waals surface area contributed by atoms with Crippen molar-refractivity contribution in [3.63, 3.8) is 0 Å². The average Bonchev–Trinajstić information content (AvgIpc) is 2.28. The Balaban J connectivity index is 0.00000106. The van der Waals surface area contributed by atoms with Gasteiger partial charge in [0, 0.05) is 19.2 Å². The Morgan fingerprint density at radius 3 is 2.44 bits per heavy atom. The van der Waals surface area contributed by atoms with Gasteiger partial charge in [-0.15, -0.1) is 0 Å². The maximum Gasteiger partial charge on any atom is 0.101 e. The Kier molecular flexibility index (Phi) is 6.93. The van der Waals surface area contributed by atoms with Gasteiger partial charge in [-0.25, -0.2) is 0 Å². The number of hydrogen-bond donors (Lipinski definition) is 1. The van der Waals surface area contributed by atoms with E-state index in [1.165, 1.54) is 0 Å². The van der Waals surface area contributed by atoms with Gasteiger partial charge < -0.3 is 9.84 Å². The van der Waals surface area contributed by atoms with Crippen molar-refractivity contribution < 1.29 is 9.84 Å². The second kappa shape index (κ2) is 7.36. The van der Waals surface area contributed by atoms with Crippen molar-refractivity contribution in [3.05, 3.63) is 29.6 Å². The minimum absolute atomic E-state index is 0.655. The SMILES string of the molecule is CC.COCCc1cccc(C(C)(C)O)n1. The molecular formula is C13H23NO2. The lowest BCUT2D eigenvalue weighted by Gasteiger charge is -2.17. The first kappa shape index (κ1) is 15.1. The van der Waals surface area contributed by atoms with E-state index in [2.05, 4.69) is 4.98 Å². The van der Waals surface area contributed by atoms with Gasteiger partial charge in [-0.3, -0.25) is 4.98 Å². The fourth-order valence-corrected chi connectivity index (χ4v) is 1.17. The molecule has 0 aliphatic heterocycles. The Morgan fingerprint density at radius 1 is 1.31 bits per heavy atom. The zero-order chi connectivity index (χ0) is 12.6. The molecule has 0 amide bonds. The molecule has 0 atom stereocenters. The molecule has 92 valence electrons. The van der Waals surface area contributed by atoms with Gasteiger partial charge in [0.05, 0.1) is 12.3 Å². The molecule has 3 heteroatoms. The molecule has 1 N–H and O–H groups in total. The van der Waals surface area contributed by atoms with E-state index in [9.17, 15) is 5.11 Å². The summed E-state index contributed by atoms with van der Waals surface area (Å²) in [5, 5.41) is 9.75. The zero-order valence-electron chi connectivity index (χ0n) is 10.9. The molecule has 0 spiro atoms. The van der Waals surface area contributed by atoms with Crippen molar-refractivity contribution >= 4 is 0 Å². The van der Waals surface area contributed by atoms with Crippen LogP contribution in [0.2, 0.25) is 0 Å². The summed E-state index contributed by atoms with van der Waals surface area (Å²) in [5.41, 5.74) is 0.779. The van der Waals surface area contributed by atoms with Gasteiger partial charge in [0.1, 0.15) is 5.60 Å². The molecule has 1 rings (SSSR count). The largest absolute Gasteiger partial charge is 0.384 e. The van der Waals surface area contributed by atoms with Crippen molar-refractivity contribution in [2.24, 2.45) is 0 Å². The van der Waals surface area contributed by atoms with E-state index in [1.54, 1.807) is 21.0 Å². The predicted octanol–water partition coefficient (Wildman–Crippen LogP) is 2.52. The van der Waals surface area contributed by atoms with Crippen molar-refractivity contribution in [1.29, 1.82) is 0 Å². The van der Waals surface area contributed by atoms with Crippen LogP contribution in [0.15, 0.2) is 18.2 Å². The van der Waals surface area contributed by atoms with Crippen molar-refractivity contribution in [3.8, 4) is 0 Å². The van der Waals surface area contributed by atoms with Crippen LogP contribution in [0, 0.1) is 0 Å². The first-order chi connectivity index (χ1) is 7.54. The Hall–Kier alpha value is -0.930. The number of aromatic nitrogens is 1. The van der Waals surface area contributed by atoms with E-state index in [4.69, 9.17) is 4.74 Å². The molecule has 1 aromatic rings. The minimum Gasteiger partial charge on any atom is -0.384 e. The van der Waals surface area contributed by atoms with Gasteiger partial charge in [0.25, 0.3) is 0 Å². The minimum atomic E-state index is -0.872. The molecule has 0 saturated heterocycles.